The molecule has 0 amide bonds. The molecule has 0 unspecified atom stereocenters. The van der Waals surface area contributed by atoms with E-state index in [2.05, 4.69) is 14.8 Å². The number of imidazole rings is 1. The molecule has 0 saturated carbocycles. The fraction of sp³-hybridized carbons (Fsp3) is 0.286. The second-order valence-corrected chi connectivity index (χ2v) is 9.75. The summed E-state index contributed by atoms with van der Waals surface area (Å²) in [6.07, 6.45) is 0.888. The first-order chi connectivity index (χ1) is 18.3. The van der Waals surface area contributed by atoms with Crippen molar-refractivity contribution in [1.82, 2.24) is 14.5 Å². The third kappa shape index (κ3) is 5.58. The number of halogens is 3. The number of aromatic carboxylic acids is 1. The maximum Gasteiger partial charge on any atom is 0.335 e. The van der Waals surface area contributed by atoms with Crippen LogP contribution in [0, 0.1) is 11.6 Å². The molecule has 1 saturated heterocycles. The van der Waals surface area contributed by atoms with E-state index in [1.165, 1.54) is 18.2 Å². The van der Waals surface area contributed by atoms with E-state index in [0.717, 1.165) is 36.4 Å². The standard InChI is InChI=1S/C28H27ClF2N4O3/c1-2-35-25-11-17(28(36)37)4-8-24(25)33-27(35)15-34-10-9-21(14-34)32-20-6-7-22(30)26(13-20)38-16-18-3-5-19(29)12-23(18)31/h3-8,11-13,21,32H,2,9-10,14-16H2,1H3,(H,36,37)/t21-/m1/s1. The first-order valence-corrected chi connectivity index (χ1v) is 12.8. The zero-order valence-corrected chi connectivity index (χ0v) is 21.5. The Morgan fingerprint density at radius 1 is 1.16 bits per heavy atom. The predicted molar refractivity (Wildman–Crippen MR) is 142 cm³/mol. The second-order valence-electron chi connectivity index (χ2n) is 9.32. The van der Waals surface area contributed by atoms with Gasteiger partial charge in [0.15, 0.2) is 11.6 Å². The third-order valence-electron chi connectivity index (χ3n) is 6.73. The van der Waals surface area contributed by atoms with Gasteiger partial charge in [0.2, 0.25) is 0 Å². The van der Waals surface area contributed by atoms with Crippen LogP contribution in [0.5, 0.6) is 5.75 Å². The summed E-state index contributed by atoms with van der Waals surface area (Å²) < 4.78 is 36.0. The molecule has 0 radical (unpaired) electrons. The van der Waals surface area contributed by atoms with E-state index in [9.17, 15) is 18.7 Å². The maximum atomic E-state index is 14.4. The number of carbonyl (C=O) groups is 1. The Morgan fingerprint density at radius 3 is 2.76 bits per heavy atom. The van der Waals surface area contributed by atoms with Crippen LogP contribution in [0.2, 0.25) is 5.02 Å². The van der Waals surface area contributed by atoms with Gasteiger partial charge in [-0.1, -0.05) is 17.7 Å². The van der Waals surface area contributed by atoms with Crippen LogP contribution in [-0.4, -0.2) is 44.7 Å². The van der Waals surface area contributed by atoms with E-state index in [1.54, 1.807) is 36.4 Å². The fourth-order valence-corrected chi connectivity index (χ4v) is 4.97. The van der Waals surface area contributed by atoms with Gasteiger partial charge in [0.1, 0.15) is 18.2 Å². The summed E-state index contributed by atoms with van der Waals surface area (Å²) in [4.78, 5) is 18.4. The summed E-state index contributed by atoms with van der Waals surface area (Å²) in [5.41, 5.74) is 2.83. The molecule has 1 aromatic heterocycles. The summed E-state index contributed by atoms with van der Waals surface area (Å²) >= 11 is 5.79. The number of aryl methyl sites for hydroxylation is 1. The van der Waals surface area contributed by atoms with Gasteiger partial charge in [-0.2, -0.15) is 0 Å². The van der Waals surface area contributed by atoms with Crippen molar-refractivity contribution in [2.45, 2.75) is 39.1 Å². The van der Waals surface area contributed by atoms with Gasteiger partial charge in [-0.05, 0) is 55.8 Å². The lowest BCUT2D eigenvalue weighted by atomic mass is 10.2. The van der Waals surface area contributed by atoms with Crippen LogP contribution >= 0.6 is 11.6 Å². The summed E-state index contributed by atoms with van der Waals surface area (Å²) in [6.45, 7) is 4.83. The van der Waals surface area contributed by atoms with E-state index < -0.39 is 17.6 Å². The van der Waals surface area contributed by atoms with E-state index in [1.807, 2.05) is 6.92 Å². The Balaban J connectivity index is 1.23. The normalized spacial score (nSPS) is 15.7. The molecule has 198 valence electrons. The van der Waals surface area contributed by atoms with Crippen LogP contribution in [0.25, 0.3) is 11.0 Å². The minimum Gasteiger partial charge on any atom is -0.486 e. The number of anilines is 1. The molecule has 1 aliphatic rings. The fourth-order valence-electron chi connectivity index (χ4n) is 4.81. The number of nitrogens with one attached hydrogen (secondary N) is 1. The van der Waals surface area contributed by atoms with Crippen LogP contribution < -0.4 is 10.1 Å². The van der Waals surface area contributed by atoms with E-state index in [-0.39, 0.29) is 34.5 Å². The Morgan fingerprint density at radius 2 is 2.00 bits per heavy atom. The van der Waals surface area contributed by atoms with Gasteiger partial charge in [-0.3, -0.25) is 4.90 Å². The SMILES string of the molecule is CCn1c(CN2CC[C@@H](Nc3ccc(F)c(OCc4ccc(Cl)cc4F)c3)C2)nc2ccc(C(=O)O)cc21. The molecule has 7 nitrogen and oxygen atoms in total. The van der Waals surface area contributed by atoms with Crippen molar-refractivity contribution in [3.63, 3.8) is 0 Å². The molecule has 10 heteroatoms. The molecule has 2 heterocycles. The quantitative estimate of drug-likeness (QED) is 0.273. The molecular formula is C28H27ClF2N4O3. The summed E-state index contributed by atoms with van der Waals surface area (Å²) in [5, 5.41) is 13.1. The highest BCUT2D eigenvalue weighted by Gasteiger charge is 2.25. The van der Waals surface area contributed by atoms with Gasteiger partial charge in [-0.15, -0.1) is 0 Å². The summed E-state index contributed by atoms with van der Waals surface area (Å²) in [6, 6.07) is 14.0. The molecule has 0 spiro atoms. The predicted octanol–water partition coefficient (Wildman–Crippen LogP) is 5.95. The average Bonchev–Trinajstić information content (AvgIpc) is 3.47. The Bertz CT molecular complexity index is 1490. The minimum absolute atomic E-state index is 0.0385. The summed E-state index contributed by atoms with van der Waals surface area (Å²) in [7, 11) is 0. The number of rotatable bonds is 9. The van der Waals surface area contributed by atoms with Crippen molar-refractivity contribution >= 4 is 34.3 Å². The largest absolute Gasteiger partial charge is 0.486 e. The molecule has 1 atom stereocenters. The Kier molecular flexibility index (Phi) is 7.49. The van der Waals surface area contributed by atoms with Crippen LogP contribution in [-0.2, 0) is 19.7 Å². The van der Waals surface area contributed by atoms with Crippen molar-refractivity contribution < 1.29 is 23.4 Å². The molecule has 5 rings (SSSR count). The van der Waals surface area contributed by atoms with Crippen LogP contribution in [0.1, 0.15) is 35.1 Å². The lowest BCUT2D eigenvalue weighted by molar-refractivity contribution is 0.0697. The van der Waals surface area contributed by atoms with Gasteiger partial charge in [0.25, 0.3) is 0 Å². The molecule has 1 fully saturated rings. The van der Waals surface area contributed by atoms with Crippen molar-refractivity contribution in [1.29, 1.82) is 0 Å². The highest BCUT2D eigenvalue weighted by molar-refractivity contribution is 6.30. The number of ether oxygens (including phenoxy) is 1. The average molecular weight is 541 g/mol. The van der Waals surface area contributed by atoms with Crippen molar-refractivity contribution in [3.8, 4) is 5.75 Å². The number of nitrogens with zero attached hydrogens (tertiary/aromatic N) is 3. The number of hydrogen-bond acceptors (Lipinski definition) is 5. The number of carboxylic acids is 1. The first-order valence-electron chi connectivity index (χ1n) is 12.4. The molecule has 38 heavy (non-hydrogen) atoms. The molecule has 1 aliphatic heterocycles. The Hall–Kier alpha value is -3.69. The lowest BCUT2D eigenvalue weighted by Gasteiger charge is -2.18. The monoisotopic (exact) mass is 540 g/mol. The van der Waals surface area contributed by atoms with Gasteiger partial charge in [0, 0.05) is 48.0 Å². The molecule has 4 aromatic rings. The number of hydrogen-bond donors (Lipinski definition) is 2. The maximum absolute atomic E-state index is 14.4. The third-order valence-corrected chi connectivity index (χ3v) is 6.96. The van der Waals surface area contributed by atoms with Gasteiger partial charge in [-0.25, -0.2) is 18.6 Å². The van der Waals surface area contributed by atoms with Gasteiger partial charge < -0.3 is 19.7 Å². The highest BCUT2D eigenvalue weighted by Crippen LogP contribution is 2.27. The molecular weight excluding hydrogens is 514 g/mol. The molecule has 0 bridgehead atoms. The van der Waals surface area contributed by atoms with Gasteiger partial charge >= 0.3 is 5.97 Å². The number of benzene rings is 3. The summed E-state index contributed by atoms with van der Waals surface area (Å²) in [5.74, 6) is -1.06. The van der Waals surface area contributed by atoms with Crippen LogP contribution in [0.4, 0.5) is 14.5 Å². The van der Waals surface area contributed by atoms with E-state index in [4.69, 9.17) is 21.3 Å². The molecule has 3 aromatic carbocycles. The second kappa shape index (κ2) is 11.0. The molecule has 0 aliphatic carbocycles. The smallest absolute Gasteiger partial charge is 0.335 e. The van der Waals surface area contributed by atoms with Crippen molar-refractivity contribution in [2.75, 3.05) is 18.4 Å². The van der Waals surface area contributed by atoms with Gasteiger partial charge in [0.05, 0.1) is 23.1 Å². The van der Waals surface area contributed by atoms with E-state index in [0.29, 0.717) is 18.8 Å². The Labute approximate surface area is 223 Å². The number of carboxylic acid groups (broad SMARTS) is 1. The highest BCUT2D eigenvalue weighted by atomic mass is 35.5. The number of likely N-dealkylation sites (tertiary alicyclic amines) is 1. The van der Waals surface area contributed by atoms with Crippen molar-refractivity contribution in [2.24, 2.45) is 0 Å². The van der Waals surface area contributed by atoms with Crippen molar-refractivity contribution in [3.05, 3.63) is 88.2 Å². The first kappa shape index (κ1) is 25.9. The zero-order chi connectivity index (χ0) is 26.8. The van der Waals surface area contributed by atoms with Crippen LogP contribution in [0.3, 0.4) is 0 Å². The molecule has 2 N–H and O–H groups in total. The van der Waals surface area contributed by atoms with E-state index >= 15 is 0 Å². The topological polar surface area (TPSA) is 79.6 Å². The number of fused-ring (bicyclic) bond motifs is 1. The zero-order valence-electron chi connectivity index (χ0n) is 20.8. The lowest BCUT2D eigenvalue weighted by Crippen LogP contribution is -2.27. The van der Waals surface area contributed by atoms with Crippen LogP contribution in [0.15, 0.2) is 54.6 Å². The number of aromatic nitrogens is 2. The minimum atomic E-state index is -0.961.